The third-order valence-electron chi connectivity index (χ3n) is 4.31. The molecule has 1 amide bonds. The number of aryl methyl sites for hydroxylation is 1. The first-order valence-corrected chi connectivity index (χ1v) is 8.81. The summed E-state index contributed by atoms with van der Waals surface area (Å²) in [5.41, 5.74) is 2.62. The van der Waals surface area contributed by atoms with Gasteiger partial charge in [-0.05, 0) is 49.4 Å². The van der Waals surface area contributed by atoms with Crippen LogP contribution in [0.3, 0.4) is 0 Å². The number of rotatable bonds is 6. The number of benzene rings is 1. The van der Waals surface area contributed by atoms with Gasteiger partial charge in [-0.3, -0.25) is 4.79 Å². The van der Waals surface area contributed by atoms with Gasteiger partial charge < -0.3 is 14.8 Å². The van der Waals surface area contributed by atoms with Crippen LogP contribution in [0.5, 0.6) is 5.88 Å². The molecule has 1 aliphatic rings. The number of ether oxygens (including phenoxy) is 2. The summed E-state index contributed by atoms with van der Waals surface area (Å²) < 4.78 is 10.4. The first kappa shape index (κ1) is 17.9. The summed E-state index contributed by atoms with van der Waals surface area (Å²) in [4.78, 5) is 28.5. The van der Waals surface area contributed by atoms with Crippen LogP contribution in [0.1, 0.15) is 47.3 Å². The van der Waals surface area contributed by atoms with E-state index in [0.717, 1.165) is 24.8 Å². The molecule has 2 aromatic rings. The molecule has 0 spiro atoms. The molecule has 26 heavy (non-hydrogen) atoms. The Morgan fingerprint density at radius 3 is 2.92 bits per heavy atom. The van der Waals surface area contributed by atoms with Gasteiger partial charge in [0.15, 0.2) is 6.61 Å². The fourth-order valence-corrected chi connectivity index (χ4v) is 3.15. The molecule has 0 fully saturated rings. The fourth-order valence-electron chi connectivity index (χ4n) is 3.15. The Kier molecular flexibility index (Phi) is 5.84. The summed E-state index contributed by atoms with van der Waals surface area (Å²) in [7, 11) is 0. The highest BCUT2D eigenvalue weighted by Crippen LogP contribution is 2.29. The first-order chi connectivity index (χ1) is 12.7. The zero-order valence-electron chi connectivity index (χ0n) is 14.7. The van der Waals surface area contributed by atoms with E-state index >= 15 is 0 Å². The lowest BCUT2D eigenvalue weighted by Gasteiger charge is -2.26. The highest BCUT2D eigenvalue weighted by atomic mass is 16.5. The Morgan fingerprint density at radius 2 is 2.08 bits per heavy atom. The normalized spacial score (nSPS) is 15.7. The highest BCUT2D eigenvalue weighted by Gasteiger charge is 2.22. The Morgan fingerprint density at radius 1 is 1.23 bits per heavy atom. The van der Waals surface area contributed by atoms with E-state index in [1.54, 1.807) is 19.1 Å². The number of esters is 1. The quantitative estimate of drug-likeness (QED) is 0.807. The molecule has 3 rings (SSSR count). The van der Waals surface area contributed by atoms with Crippen molar-refractivity contribution in [3.63, 3.8) is 0 Å². The molecule has 1 aromatic heterocycles. The van der Waals surface area contributed by atoms with Crippen LogP contribution in [0.25, 0.3) is 0 Å². The van der Waals surface area contributed by atoms with Crippen molar-refractivity contribution in [2.45, 2.75) is 32.2 Å². The number of amides is 1. The maximum Gasteiger partial charge on any atom is 0.344 e. The minimum absolute atomic E-state index is 0.0384. The summed E-state index contributed by atoms with van der Waals surface area (Å²) in [6.07, 6.45) is 4.47. The second-order valence-electron chi connectivity index (χ2n) is 6.08. The third kappa shape index (κ3) is 4.20. The minimum atomic E-state index is -0.624. The van der Waals surface area contributed by atoms with Crippen LogP contribution in [0.4, 0.5) is 0 Å². The van der Waals surface area contributed by atoms with E-state index in [1.165, 1.54) is 11.8 Å². The number of carbonyl (C=O) groups is 2. The van der Waals surface area contributed by atoms with Crippen molar-refractivity contribution >= 4 is 11.9 Å². The average Bonchev–Trinajstić information content (AvgIpc) is 2.67. The van der Waals surface area contributed by atoms with Crippen molar-refractivity contribution in [3.8, 4) is 5.88 Å². The molecule has 0 radical (unpaired) electrons. The van der Waals surface area contributed by atoms with Gasteiger partial charge in [0.05, 0.1) is 12.6 Å². The van der Waals surface area contributed by atoms with Gasteiger partial charge in [0.1, 0.15) is 5.56 Å². The molecule has 1 aromatic carbocycles. The fraction of sp³-hybridized carbons (Fsp3) is 0.350. The van der Waals surface area contributed by atoms with Crippen molar-refractivity contribution in [3.05, 3.63) is 59.3 Å². The lowest BCUT2D eigenvalue weighted by molar-refractivity contribution is -0.125. The molecule has 0 saturated carbocycles. The largest absolute Gasteiger partial charge is 0.477 e. The summed E-state index contributed by atoms with van der Waals surface area (Å²) in [6.45, 7) is 1.86. The van der Waals surface area contributed by atoms with Gasteiger partial charge in [0, 0.05) is 6.20 Å². The molecule has 1 aliphatic carbocycles. The number of fused-ring (bicyclic) bond motifs is 1. The molecule has 0 aliphatic heterocycles. The number of nitrogens with zero attached hydrogens (tertiary/aromatic N) is 1. The second kappa shape index (κ2) is 8.47. The average molecular weight is 354 g/mol. The molecule has 136 valence electrons. The van der Waals surface area contributed by atoms with E-state index in [1.807, 2.05) is 18.2 Å². The molecular formula is C20H22N2O4. The molecular weight excluding hydrogens is 332 g/mol. The Balaban J connectivity index is 1.58. The molecule has 6 heteroatoms. The molecule has 1 atom stereocenters. The van der Waals surface area contributed by atoms with E-state index in [9.17, 15) is 9.59 Å². The van der Waals surface area contributed by atoms with Gasteiger partial charge in [-0.2, -0.15) is 0 Å². The van der Waals surface area contributed by atoms with Crippen LogP contribution >= 0.6 is 0 Å². The van der Waals surface area contributed by atoms with Crippen LogP contribution in [0.15, 0.2) is 42.6 Å². The van der Waals surface area contributed by atoms with Crippen molar-refractivity contribution < 1.29 is 19.1 Å². The topological polar surface area (TPSA) is 77.5 Å². The molecule has 0 unspecified atom stereocenters. The van der Waals surface area contributed by atoms with Crippen molar-refractivity contribution in [1.29, 1.82) is 0 Å². The smallest absolute Gasteiger partial charge is 0.344 e. The number of aromatic nitrogens is 1. The van der Waals surface area contributed by atoms with Gasteiger partial charge in [-0.1, -0.05) is 24.3 Å². The van der Waals surface area contributed by atoms with Crippen molar-refractivity contribution in [2.75, 3.05) is 13.2 Å². The van der Waals surface area contributed by atoms with Gasteiger partial charge in [-0.15, -0.1) is 0 Å². The van der Waals surface area contributed by atoms with Crippen LogP contribution < -0.4 is 10.1 Å². The van der Waals surface area contributed by atoms with Gasteiger partial charge in [-0.25, -0.2) is 9.78 Å². The Hall–Kier alpha value is -2.89. The Labute approximate surface area is 152 Å². The molecule has 0 bridgehead atoms. The maximum atomic E-state index is 12.2. The number of hydrogen-bond acceptors (Lipinski definition) is 5. The monoisotopic (exact) mass is 354 g/mol. The maximum absolute atomic E-state index is 12.2. The lowest BCUT2D eigenvalue weighted by atomic mass is 9.88. The van der Waals surface area contributed by atoms with Crippen LogP contribution in [-0.4, -0.2) is 30.1 Å². The number of carbonyl (C=O) groups excluding carboxylic acids is 2. The predicted molar refractivity (Wildman–Crippen MR) is 96.0 cm³/mol. The van der Waals surface area contributed by atoms with Crippen molar-refractivity contribution in [2.24, 2.45) is 0 Å². The van der Waals surface area contributed by atoms with E-state index in [-0.39, 0.29) is 30.0 Å². The molecule has 1 heterocycles. The van der Waals surface area contributed by atoms with E-state index in [4.69, 9.17) is 9.47 Å². The van der Waals surface area contributed by atoms with Crippen LogP contribution in [0, 0.1) is 0 Å². The van der Waals surface area contributed by atoms with Crippen molar-refractivity contribution in [1.82, 2.24) is 10.3 Å². The zero-order chi connectivity index (χ0) is 18.4. The summed E-state index contributed by atoms with van der Waals surface area (Å²) in [5, 5.41) is 2.96. The Bertz CT molecular complexity index is 791. The van der Waals surface area contributed by atoms with E-state index in [2.05, 4.69) is 16.4 Å². The van der Waals surface area contributed by atoms with E-state index < -0.39 is 5.97 Å². The standard InChI is InChI=1S/C20H22N2O4/c1-2-25-19-16(10-6-12-21-19)20(24)26-13-18(23)22-17-11-5-8-14-7-3-4-9-15(14)17/h3-4,6-7,9-10,12,17H,2,5,8,11,13H2,1H3,(H,22,23)/t17-/m1/s1. The van der Waals surface area contributed by atoms with Gasteiger partial charge >= 0.3 is 5.97 Å². The summed E-state index contributed by atoms with van der Waals surface area (Å²) in [5.74, 6) is -0.732. The zero-order valence-corrected chi connectivity index (χ0v) is 14.7. The number of hydrogen-bond donors (Lipinski definition) is 1. The molecule has 6 nitrogen and oxygen atoms in total. The number of nitrogens with one attached hydrogen (secondary N) is 1. The molecule has 1 N–H and O–H groups in total. The second-order valence-corrected chi connectivity index (χ2v) is 6.08. The summed E-state index contributed by atoms with van der Waals surface area (Å²) in [6, 6.07) is 11.3. The SMILES string of the molecule is CCOc1ncccc1C(=O)OCC(=O)N[C@@H]1CCCc2ccccc21. The third-order valence-corrected chi connectivity index (χ3v) is 4.31. The van der Waals surface area contributed by atoms with Gasteiger partial charge in [0.25, 0.3) is 5.91 Å². The van der Waals surface area contributed by atoms with Crippen LogP contribution in [-0.2, 0) is 16.0 Å². The van der Waals surface area contributed by atoms with Gasteiger partial charge in [0.2, 0.25) is 5.88 Å². The highest BCUT2D eigenvalue weighted by molar-refractivity contribution is 5.93. The summed E-state index contributed by atoms with van der Waals surface area (Å²) >= 11 is 0. The lowest BCUT2D eigenvalue weighted by Crippen LogP contribution is -2.34. The molecule has 0 saturated heterocycles. The van der Waals surface area contributed by atoms with Crippen LogP contribution in [0.2, 0.25) is 0 Å². The number of pyridine rings is 1. The minimum Gasteiger partial charge on any atom is -0.477 e. The first-order valence-electron chi connectivity index (χ1n) is 8.81. The van der Waals surface area contributed by atoms with E-state index in [0.29, 0.717) is 6.61 Å². The predicted octanol–water partition coefficient (Wildman–Crippen LogP) is 2.83.